The van der Waals surface area contributed by atoms with Gasteiger partial charge in [-0.1, -0.05) is 29.8 Å². The van der Waals surface area contributed by atoms with E-state index in [0.29, 0.717) is 21.3 Å². The van der Waals surface area contributed by atoms with Crippen molar-refractivity contribution >= 4 is 56.7 Å². The van der Waals surface area contributed by atoms with Crippen LogP contribution in [0.1, 0.15) is 22.8 Å². The van der Waals surface area contributed by atoms with Crippen LogP contribution >= 0.6 is 22.9 Å². The van der Waals surface area contributed by atoms with E-state index < -0.39 is 0 Å². The van der Waals surface area contributed by atoms with E-state index in [1.54, 1.807) is 30.3 Å². The Morgan fingerprint density at radius 2 is 1.96 bits per heavy atom. The van der Waals surface area contributed by atoms with E-state index in [1.807, 2.05) is 23.7 Å². The normalized spacial score (nSPS) is 11.4. The maximum absolute atomic E-state index is 12.6. The van der Waals surface area contributed by atoms with E-state index >= 15 is 0 Å². The number of fused-ring (bicyclic) bond motifs is 1. The van der Waals surface area contributed by atoms with E-state index in [1.165, 1.54) is 16.9 Å². The van der Waals surface area contributed by atoms with Gasteiger partial charge in [0.1, 0.15) is 5.00 Å². The Hall–Kier alpha value is -2.89. The summed E-state index contributed by atoms with van der Waals surface area (Å²) in [6.45, 7) is 3.01. The highest BCUT2D eigenvalue weighted by atomic mass is 35.5. The van der Waals surface area contributed by atoms with Crippen molar-refractivity contribution in [3.8, 4) is 0 Å². The van der Waals surface area contributed by atoms with Crippen LogP contribution in [0.25, 0.3) is 10.9 Å². The maximum atomic E-state index is 12.6. The molecule has 6 heteroatoms. The van der Waals surface area contributed by atoms with E-state index in [-0.39, 0.29) is 5.91 Å². The van der Waals surface area contributed by atoms with Crippen LogP contribution in [0.2, 0.25) is 5.02 Å². The summed E-state index contributed by atoms with van der Waals surface area (Å²) >= 11 is 7.34. The highest BCUT2D eigenvalue weighted by molar-refractivity contribution is 7.14. The first-order chi connectivity index (χ1) is 13.7. The van der Waals surface area contributed by atoms with E-state index in [2.05, 4.69) is 40.1 Å². The summed E-state index contributed by atoms with van der Waals surface area (Å²) in [6.07, 6.45) is 3.93. The number of nitrogens with one attached hydrogen (secondary N) is 1. The molecular weight excluding hydrogens is 390 g/mol. The van der Waals surface area contributed by atoms with Crippen LogP contribution in [-0.4, -0.2) is 16.7 Å². The standard InChI is InChI=1S/C22H18ClN3OS/c1-2-26-14-15(18-5-3-4-6-20(18)26)13-24-22-19(11-12-28-22)21(27)25-17-9-7-16(23)8-10-17/h3-14H,2H2,1H3,(H,25,27). The number of hydrogen-bond donors (Lipinski definition) is 1. The highest BCUT2D eigenvalue weighted by Crippen LogP contribution is 2.28. The van der Waals surface area contributed by atoms with Gasteiger partial charge in [0.05, 0.1) is 5.56 Å². The number of para-hydroxylation sites is 1. The molecule has 0 radical (unpaired) electrons. The molecule has 2 aromatic heterocycles. The lowest BCUT2D eigenvalue weighted by Gasteiger charge is -2.04. The number of hydrogen-bond acceptors (Lipinski definition) is 3. The first-order valence-corrected chi connectivity index (χ1v) is 10.2. The molecule has 0 atom stereocenters. The van der Waals surface area contributed by atoms with Crippen LogP contribution < -0.4 is 5.32 Å². The Kier molecular flexibility index (Phi) is 5.28. The van der Waals surface area contributed by atoms with Gasteiger partial charge >= 0.3 is 0 Å². The van der Waals surface area contributed by atoms with Gasteiger partial charge in [0, 0.05) is 46.1 Å². The number of aryl methyl sites for hydroxylation is 1. The quantitative estimate of drug-likeness (QED) is 0.383. The monoisotopic (exact) mass is 407 g/mol. The number of carbonyl (C=O) groups is 1. The third-order valence-corrected chi connectivity index (χ3v) is 5.55. The molecule has 1 amide bonds. The first-order valence-electron chi connectivity index (χ1n) is 8.92. The van der Waals surface area contributed by atoms with Crippen molar-refractivity contribution in [2.45, 2.75) is 13.5 Å². The molecule has 0 aliphatic carbocycles. The zero-order valence-corrected chi connectivity index (χ0v) is 16.8. The van der Waals surface area contributed by atoms with E-state index in [0.717, 1.165) is 17.5 Å². The zero-order valence-electron chi connectivity index (χ0n) is 15.2. The summed E-state index contributed by atoms with van der Waals surface area (Å²) in [4.78, 5) is 17.2. The number of anilines is 1. The molecule has 28 heavy (non-hydrogen) atoms. The topological polar surface area (TPSA) is 46.4 Å². The molecule has 2 aromatic carbocycles. The lowest BCUT2D eigenvalue weighted by atomic mass is 10.2. The van der Waals surface area contributed by atoms with Crippen LogP contribution in [0.15, 0.2) is 71.2 Å². The SMILES string of the molecule is CCn1cc(C=Nc2sccc2C(=O)Nc2ccc(Cl)cc2)c2ccccc21. The van der Waals surface area contributed by atoms with Crippen LogP contribution in [-0.2, 0) is 6.54 Å². The second kappa shape index (κ2) is 8.00. The van der Waals surface area contributed by atoms with Crippen molar-refractivity contribution in [2.75, 3.05) is 5.32 Å². The Morgan fingerprint density at radius 3 is 2.75 bits per heavy atom. The van der Waals surface area contributed by atoms with Gasteiger partial charge in [-0.15, -0.1) is 11.3 Å². The first kappa shape index (κ1) is 18.5. The van der Waals surface area contributed by atoms with Crippen molar-refractivity contribution in [1.82, 2.24) is 4.57 Å². The van der Waals surface area contributed by atoms with Crippen molar-refractivity contribution in [2.24, 2.45) is 4.99 Å². The lowest BCUT2D eigenvalue weighted by Crippen LogP contribution is -2.10. The van der Waals surface area contributed by atoms with Gasteiger partial charge in [-0.3, -0.25) is 4.79 Å². The molecule has 0 saturated heterocycles. The summed E-state index contributed by atoms with van der Waals surface area (Å²) in [5, 5.41) is 7.22. The van der Waals surface area contributed by atoms with Gasteiger partial charge in [-0.25, -0.2) is 4.99 Å². The maximum Gasteiger partial charge on any atom is 0.258 e. The molecule has 0 aliphatic rings. The number of amides is 1. The van der Waals surface area contributed by atoms with Crippen LogP contribution in [0, 0.1) is 0 Å². The second-order valence-electron chi connectivity index (χ2n) is 6.25. The molecule has 4 rings (SSSR count). The number of rotatable bonds is 5. The zero-order chi connectivity index (χ0) is 19.5. The van der Waals surface area contributed by atoms with E-state index in [4.69, 9.17) is 11.6 Å². The number of nitrogens with zero attached hydrogens (tertiary/aromatic N) is 2. The fourth-order valence-electron chi connectivity index (χ4n) is 3.07. The molecule has 4 nitrogen and oxygen atoms in total. The minimum Gasteiger partial charge on any atom is -0.347 e. The predicted molar refractivity (Wildman–Crippen MR) is 119 cm³/mol. The Morgan fingerprint density at radius 1 is 1.18 bits per heavy atom. The summed E-state index contributed by atoms with van der Waals surface area (Å²) in [5.41, 5.74) is 3.46. The van der Waals surface area contributed by atoms with Crippen molar-refractivity contribution in [3.05, 3.63) is 82.3 Å². The third-order valence-electron chi connectivity index (χ3n) is 4.47. The number of thiophene rings is 1. The van der Waals surface area contributed by atoms with Crippen molar-refractivity contribution in [3.63, 3.8) is 0 Å². The van der Waals surface area contributed by atoms with Crippen LogP contribution in [0.5, 0.6) is 0 Å². The molecule has 0 fully saturated rings. The number of benzene rings is 2. The molecule has 2 heterocycles. The Labute approximate surface area is 172 Å². The number of halogens is 1. The van der Waals surface area contributed by atoms with Crippen LogP contribution in [0.4, 0.5) is 10.7 Å². The number of aliphatic imine (C=N–C) groups is 1. The molecule has 1 N–H and O–H groups in total. The van der Waals surface area contributed by atoms with Crippen molar-refractivity contribution < 1.29 is 4.79 Å². The minimum atomic E-state index is -0.188. The van der Waals surface area contributed by atoms with E-state index in [9.17, 15) is 4.79 Å². The summed E-state index contributed by atoms with van der Waals surface area (Å²) in [7, 11) is 0. The van der Waals surface area contributed by atoms with Gasteiger partial charge in [-0.05, 0) is 48.7 Å². The van der Waals surface area contributed by atoms with Crippen molar-refractivity contribution in [1.29, 1.82) is 0 Å². The third kappa shape index (κ3) is 3.72. The molecule has 0 bridgehead atoms. The molecule has 140 valence electrons. The molecule has 0 unspecified atom stereocenters. The van der Waals surface area contributed by atoms with Gasteiger partial charge in [0.15, 0.2) is 0 Å². The van der Waals surface area contributed by atoms with Gasteiger partial charge in [-0.2, -0.15) is 0 Å². The number of carbonyl (C=O) groups excluding carboxylic acids is 1. The van der Waals surface area contributed by atoms with Gasteiger partial charge < -0.3 is 9.88 Å². The molecular formula is C22H18ClN3OS. The summed E-state index contributed by atoms with van der Waals surface area (Å²) in [5.74, 6) is -0.188. The van der Waals surface area contributed by atoms with Gasteiger partial charge in [0.25, 0.3) is 5.91 Å². The molecule has 0 aliphatic heterocycles. The minimum absolute atomic E-state index is 0.188. The predicted octanol–water partition coefficient (Wildman–Crippen LogP) is 6.38. The second-order valence-corrected chi connectivity index (χ2v) is 7.58. The molecule has 4 aromatic rings. The molecule has 0 saturated carbocycles. The summed E-state index contributed by atoms with van der Waals surface area (Å²) < 4.78 is 2.19. The smallest absolute Gasteiger partial charge is 0.258 e. The largest absolute Gasteiger partial charge is 0.347 e. The van der Waals surface area contributed by atoms with Crippen LogP contribution in [0.3, 0.4) is 0 Å². The Balaban J connectivity index is 1.59. The fraction of sp³-hybridized carbons (Fsp3) is 0.0909. The average molecular weight is 408 g/mol. The highest BCUT2D eigenvalue weighted by Gasteiger charge is 2.13. The molecule has 0 spiro atoms. The number of aromatic nitrogens is 1. The average Bonchev–Trinajstić information content (AvgIpc) is 3.32. The fourth-order valence-corrected chi connectivity index (χ4v) is 3.93. The Bertz CT molecular complexity index is 1160. The lowest BCUT2D eigenvalue weighted by molar-refractivity contribution is 0.102. The summed E-state index contributed by atoms with van der Waals surface area (Å²) in [6, 6.07) is 17.1. The van der Waals surface area contributed by atoms with Gasteiger partial charge in [0.2, 0.25) is 0 Å².